The first-order valence-electron chi connectivity index (χ1n) is 5.54. The molecule has 0 spiro atoms. The van der Waals surface area contributed by atoms with E-state index in [-0.39, 0.29) is 11.6 Å². The van der Waals surface area contributed by atoms with E-state index in [1.165, 1.54) is 18.2 Å². The van der Waals surface area contributed by atoms with Gasteiger partial charge in [0.15, 0.2) is 11.6 Å². The van der Waals surface area contributed by atoms with Crippen LogP contribution in [-0.4, -0.2) is 5.11 Å². The highest BCUT2D eigenvalue weighted by Gasteiger charge is 2.04. The molecule has 2 aromatic carbocycles. The van der Waals surface area contributed by atoms with Crippen LogP contribution in [0.15, 0.2) is 36.4 Å². The molecule has 0 aromatic heterocycles. The van der Waals surface area contributed by atoms with Crippen molar-refractivity contribution in [1.82, 2.24) is 0 Å². The molecule has 0 saturated carbocycles. The number of phenols is 1. The molecule has 0 bridgehead atoms. The van der Waals surface area contributed by atoms with Gasteiger partial charge < -0.3 is 10.4 Å². The second-order valence-corrected chi connectivity index (χ2v) is 4.05. The van der Waals surface area contributed by atoms with E-state index in [0.717, 1.165) is 0 Å². The summed E-state index contributed by atoms with van der Waals surface area (Å²) < 4.78 is 26.4. The summed E-state index contributed by atoms with van der Waals surface area (Å²) in [6.07, 6.45) is 0. The number of nitrogens with one attached hydrogen (secondary N) is 1. The molecule has 18 heavy (non-hydrogen) atoms. The lowest BCUT2D eigenvalue weighted by molar-refractivity contribution is 0.432. The maximum absolute atomic E-state index is 13.3. The van der Waals surface area contributed by atoms with Gasteiger partial charge in [-0.25, -0.2) is 8.78 Å². The van der Waals surface area contributed by atoms with Crippen molar-refractivity contribution in [2.24, 2.45) is 0 Å². The molecule has 0 atom stereocenters. The number of anilines is 1. The quantitative estimate of drug-likeness (QED) is 0.871. The summed E-state index contributed by atoms with van der Waals surface area (Å²) in [5.74, 6) is -1.32. The van der Waals surface area contributed by atoms with Gasteiger partial charge in [0.25, 0.3) is 0 Å². The molecule has 0 unspecified atom stereocenters. The van der Waals surface area contributed by atoms with Crippen LogP contribution in [0.25, 0.3) is 0 Å². The van der Waals surface area contributed by atoms with Crippen LogP contribution in [0, 0.1) is 18.6 Å². The van der Waals surface area contributed by atoms with E-state index in [2.05, 4.69) is 5.32 Å². The van der Waals surface area contributed by atoms with Gasteiger partial charge >= 0.3 is 0 Å². The molecular weight excluding hydrogens is 236 g/mol. The average Bonchev–Trinajstić information content (AvgIpc) is 2.35. The molecule has 2 nitrogen and oxygen atoms in total. The minimum Gasteiger partial charge on any atom is -0.505 e. The summed E-state index contributed by atoms with van der Waals surface area (Å²) in [7, 11) is 0. The van der Waals surface area contributed by atoms with Crippen LogP contribution in [0.5, 0.6) is 5.75 Å². The van der Waals surface area contributed by atoms with Gasteiger partial charge in [0.1, 0.15) is 5.82 Å². The van der Waals surface area contributed by atoms with E-state index in [1.54, 1.807) is 25.1 Å². The highest BCUT2D eigenvalue weighted by Crippen LogP contribution is 2.20. The number of phenolic OH excluding ortho intramolecular Hbond substituents is 1. The first kappa shape index (κ1) is 12.4. The molecule has 0 aliphatic carbocycles. The Morgan fingerprint density at radius 3 is 2.61 bits per heavy atom. The fourth-order valence-electron chi connectivity index (χ4n) is 1.66. The summed E-state index contributed by atoms with van der Waals surface area (Å²) in [4.78, 5) is 0. The molecular formula is C14H13F2NO. The van der Waals surface area contributed by atoms with Crippen LogP contribution in [0.4, 0.5) is 14.5 Å². The molecule has 2 aromatic rings. The van der Waals surface area contributed by atoms with Crippen molar-refractivity contribution in [2.45, 2.75) is 13.5 Å². The third-order valence-corrected chi connectivity index (χ3v) is 2.76. The van der Waals surface area contributed by atoms with Crippen LogP contribution < -0.4 is 5.32 Å². The van der Waals surface area contributed by atoms with Crippen molar-refractivity contribution < 1.29 is 13.9 Å². The molecule has 0 heterocycles. The predicted molar refractivity (Wildman–Crippen MR) is 66.5 cm³/mol. The molecule has 0 radical (unpaired) electrons. The van der Waals surface area contributed by atoms with Gasteiger partial charge in [0.2, 0.25) is 0 Å². The van der Waals surface area contributed by atoms with Crippen molar-refractivity contribution in [3.63, 3.8) is 0 Å². The standard InChI is InChI=1S/C14H13F2NO/c1-9-11(15)3-2-4-13(9)17-8-10-5-6-14(18)12(16)7-10/h2-7,17-18H,8H2,1H3. The summed E-state index contributed by atoms with van der Waals surface area (Å²) in [5.41, 5.74) is 1.87. The Bertz CT molecular complexity index is 570. The van der Waals surface area contributed by atoms with Gasteiger partial charge in [-0.2, -0.15) is 0 Å². The second-order valence-electron chi connectivity index (χ2n) is 4.05. The van der Waals surface area contributed by atoms with Gasteiger partial charge in [0.05, 0.1) is 0 Å². The molecule has 0 amide bonds. The Balaban J connectivity index is 2.11. The topological polar surface area (TPSA) is 32.3 Å². The summed E-state index contributed by atoms with van der Waals surface area (Å²) >= 11 is 0. The minimum atomic E-state index is -0.662. The Hall–Kier alpha value is -2.10. The van der Waals surface area contributed by atoms with Gasteiger partial charge in [-0.3, -0.25) is 0 Å². The first-order valence-corrected chi connectivity index (χ1v) is 5.54. The van der Waals surface area contributed by atoms with Crippen molar-refractivity contribution in [1.29, 1.82) is 0 Å². The Morgan fingerprint density at radius 2 is 1.89 bits per heavy atom. The predicted octanol–water partition coefficient (Wildman–Crippen LogP) is 3.59. The Kier molecular flexibility index (Phi) is 3.46. The fraction of sp³-hybridized carbons (Fsp3) is 0.143. The zero-order chi connectivity index (χ0) is 13.1. The summed E-state index contributed by atoms with van der Waals surface area (Å²) in [6, 6.07) is 8.92. The van der Waals surface area contributed by atoms with Gasteiger partial charge in [-0.1, -0.05) is 12.1 Å². The van der Waals surface area contributed by atoms with Crippen LogP contribution in [0.3, 0.4) is 0 Å². The number of halogens is 2. The maximum atomic E-state index is 13.3. The van der Waals surface area contributed by atoms with E-state index in [0.29, 0.717) is 23.4 Å². The van der Waals surface area contributed by atoms with E-state index in [1.807, 2.05) is 0 Å². The van der Waals surface area contributed by atoms with Gasteiger partial charge in [0, 0.05) is 17.8 Å². The van der Waals surface area contributed by atoms with Crippen LogP contribution in [0.1, 0.15) is 11.1 Å². The second kappa shape index (κ2) is 5.04. The monoisotopic (exact) mass is 249 g/mol. The third kappa shape index (κ3) is 2.59. The Labute approximate surface area is 104 Å². The molecule has 2 N–H and O–H groups in total. The lowest BCUT2D eigenvalue weighted by Gasteiger charge is -2.10. The molecule has 2 rings (SSSR count). The summed E-state index contributed by atoms with van der Waals surface area (Å²) in [5, 5.41) is 12.1. The lowest BCUT2D eigenvalue weighted by atomic mass is 10.1. The van der Waals surface area contributed by atoms with E-state index in [4.69, 9.17) is 5.11 Å². The average molecular weight is 249 g/mol. The maximum Gasteiger partial charge on any atom is 0.165 e. The molecule has 4 heteroatoms. The van der Waals surface area contributed by atoms with Crippen molar-refractivity contribution in [3.05, 3.63) is 59.2 Å². The SMILES string of the molecule is Cc1c(F)cccc1NCc1ccc(O)c(F)c1. The molecule has 94 valence electrons. The highest BCUT2D eigenvalue weighted by molar-refractivity contribution is 5.51. The largest absolute Gasteiger partial charge is 0.505 e. The smallest absolute Gasteiger partial charge is 0.165 e. The van der Waals surface area contributed by atoms with Crippen LogP contribution >= 0.6 is 0 Å². The van der Waals surface area contributed by atoms with Crippen LogP contribution in [-0.2, 0) is 6.54 Å². The first-order chi connectivity index (χ1) is 8.58. The molecule has 0 aliphatic heterocycles. The number of hydrogen-bond donors (Lipinski definition) is 2. The van der Waals surface area contributed by atoms with E-state index < -0.39 is 5.82 Å². The highest BCUT2D eigenvalue weighted by atomic mass is 19.1. The van der Waals surface area contributed by atoms with Crippen LogP contribution in [0.2, 0.25) is 0 Å². The molecule has 0 aliphatic rings. The van der Waals surface area contributed by atoms with Crippen molar-refractivity contribution in [2.75, 3.05) is 5.32 Å². The van der Waals surface area contributed by atoms with Gasteiger partial charge in [-0.05, 0) is 36.8 Å². The van der Waals surface area contributed by atoms with Crippen molar-refractivity contribution >= 4 is 5.69 Å². The minimum absolute atomic E-state index is 0.281. The Morgan fingerprint density at radius 1 is 1.11 bits per heavy atom. The number of rotatable bonds is 3. The van der Waals surface area contributed by atoms with Gasteiger partial charge in [-0.15, -0.1) is 0 Å². The summed E-state index contributed by atoms with van der Waals surface area (Å²) in [6.45, 7) is 2.04. The number of benzene rings is 2. The van der Waals surface area contributed by atoms with E-state index in [9.17, 15) is 8.78 Å². The normalized spacial score (nSPS) is 10.4. The molecule has 0 fully saturated rings. The third-order valence-electron chi connectivity index (χ3n) is 2.76. The lowest BCUT2D eigenvalue weighted by Crippen LogP contribution is -2.02. The zero-order valence-electron chi connectivity index (χ0n) is 9.87. The van der Waals surface area contributed by atoms with E-state index >= 15 is 0 Å². The fourth-order valence-corrected chi connectivity index (χ4v) is 1.66. The molecule has 0 saturated heterocycles. The van der Waals surface area contributed by atoms with Crippen molar-refractivity contribution in [3.8, 4) is 5.75 Å². The number of hydrogen-bond acceptors (Lipinski definition) is 2. The zero-order valence-corrected chi connectivity index (χ0v) is 9.87. The number of aromatic hydroxyl groups is 1.